The summed E-state index contributed by atoms with van der Waals surface area (Å²) in [6.07, 6.45) is 3.59. The van der Waals surface area contributed by atoms with Gasteiger partial charge in [0, 0.05) is 38.3 Å². The summed E-state index contributed by atoms with van der Waals surface area (Å²) in [7, 11) is 0. The molecular formula is C16H24N6O4. The number of aromatic nitrogens is 1. The molecule has 1 aromatic heterocycles. The van der Waals surface area contributed by atoms with Crippen LogP contribution in [-0.4, -0.2) is 46.9 Å². The van der Waals surface area contributed by atoms with Gasteiger partial charge >= 0.3 is 5.97 Å². The summed E-state index contributed by atoms with van der Waals surface area (Å²) < 4.78 is 0. The Hall–Kier alpha value is -3.17. The van der Waals surface area contributed by atoms with Crippen molar-refractivity contribution in [2.45, 2.75) is 31.7 Å². The Morgan fingerprint density at radius 2 is 2.00 bits per heavy atom. The molecule has 142 valence electrons. The average molecular weight is 364 g/mol. The molecule has 0 spiro atoms. The van der Waals surface area contributed by atoms with Gasteiger partial charge in [0.2, 0.25) is 11.8 Å². The number of pyridine rings is 1. The van der Waals surface area contributed by atoms with Crippen LogP contribution in [0, 0.1) is 0 Å². The fourth-order valence-corrected chi connectivity index (χ4v) is 2.13. The highest BCUT2D eigenvalue weighted by atomic mass is 16.4. The Morgan fingerprint density at radius 3 is 2.62 bits per heavy atom. The quantitative estimate of drug-likeness (QED) is 0.195. The molecule has 10 heteroatoms. The van der Waals surface area contributed by atoms with Gasteiger partial charge in [0.05, 0.1) is 12.5 Å². The molecule has 1 atom stereocenters. The summed E-state index contributed by atoms with van der Waals surface area (Å²) in [5, 5.41) is 14.3. The lowest BCUT2D eigenvalue weighted by molar-refractivity contribution is -0.137. The fourth-order valence-electron chi connectivity index (χ4n) is 2.13. The molecule has 0 saturated carbocycles. The van der Waals surface area contributed by atoms with E-state index in [4.69, 9.17) is 16.6 Å². The van der Waals surface area contributed by atoms with Crippen molar-refractivity contribution < 1.29 is 19.5 Å². The van der Waals surface area contributed by atoms with Crippen molar-refractivity contribution in [3.05, 3.63) is 30.1 Å². The first kappa shape index (κ1) is 20.9. The molecule has 0 aliphatic heterocycles. The van der Waals surface area contributed by atoms with Crippen molar-refractivity contribution in [2.75, 3.05) is 13.1 Å². The first-order valence-corrected chi connectivity index (χ1v) is 8.11. The molecule has 26 heavy (non-hydrogen) atoms. The van der Waals surface area contributed by atoms with E-state index in [9.17, 15) is 14.4 Å². The Morgan fingerprint density at radius 1 is 1.23 bits per heavy atom. The minimum Gasteiger partial charge on any atom is -0.481 e. The number of carboxylic acid groups (broad SMARTS) is 1. The first-order valence-electron chi connectivity index (χ1n) is 8.11. The van der Waals surface area contributed by atoms with Crippen molar-refractivity contribution >= 4 is 23.7 Å². The molecular weight excluding hydrogens is 340 g/mol. The maximum absolute atomic E-state index is 12.0. The van der Waals surface area contributed by atoms with Gasteiger partial charge in [-0.25, -0.2) is 0 Å². The Bertz CT molecular complexity index is 631. The van der Waals surface area contributed by atoms with E-state index in [1.54, 1.807) is 18.3 Å². The third-order valence-corrected chi connectivity index (χ3v) is 3.33. The van der Waals surface area contributed by atoms with Crippen LogP contribution >= 0.6 is 0 Å². The van der Waals surface area contributed by atoms with E-state index in [0.29, 0.717) is 18.5 Å². The van der Waals surface area contributed by atoms with Crippen molar-refractivity contribution in [2.24, 2.45) is 16.5 Å². The van der Waals surface area contributed by atoms with Gasteiger partial charge in [0.25, 0.3) is 0 Å². The average Bonchev–Trinajstić information content (AvgIpc) is 2.58. The number of amides is 2. The number of hydrogen-bond donors (Lipinski definition) is 5. The van der Waals surface area contributed by atoms with Gasteiger partial charge in [-0.15, -0.1) is 0 Å². The minimum atomic E-state index is -1.03. The second kappa shape index (κ2) is 11.4. The standard InChI is InChI=1S/C16H24N6O4/c17-16(18)21-7-2-4-13(23)20-8-5-14(24)22-12(9-15(25)26)11-3-1-6-19-10-11/h1,3,6,10,12H,2,4-5,7-9H2,(H,20,23)(H,22,24)(H,25,26)(H4,17,18,21). The second-order valence-electron chi connectivity index (χ2n) is 5.51. The number of carbonyl (C=O) groups excluding carboxylic acids is 2. The molecule has 1 rings (SSSR count). The van der Waals surface area contributed by atoms with Crippen molar-refractivity contribution in [1.82, 2.24) is 15.6 Å². The number of nitrogens with zero attached hydrogens (tertiary/aromatic N) is 2. The summed E-state index contributed by atoms with van der Waals surface area (Å²) >= 11 is 0. The molecule has 10 nitrogen and oxygen atoms in total. The van der Waals surface area contributed by atoms with Gasteiger partial charge in [-0.3, -0.25) is 24.4 Å². The van der Waals surface area contributed by atoms with E-state index >= 15 is 0 Å². The number of aliphatic carboxylic acids is 1. The van der Waals surface area contributed by atoms with E-state index in [-0.39, 0.29) is 43.6 Å². The first-order chi connectivity index (χ1) is 12.4. The van der Waals surface area contributed by atoms with Gasteiger partial charge in [-0.2, -0.15) is 0 Å². The van der Waals surface area contributed by atoms with Crippen LogP contribution in [0.15, 0.2) is 29.5 Å². The predicted octanol–water partition coefficient (Wildman–Crippen LogP) is -0.726. The van der Waals surface area contributed by atoms with E-state index in [2.05, 4.69) is 20.6 Å². The van der Waals surface area contributed by atoms with Crippen LogP contribution in [0.1, 0.15) is 37.3 Å². The van der Waals surface area contributed by atoms with Gasteiger partial charge in [-0.05, 0) is 18.1 Å². The minimum absolute atomic E-state index is 0.0217. The molecule has 0 fully saturated rings. The largest absolute Gasteiger partial charge is 0.481 e. The van der Waals surface area contributed by atoms with E-state index < -0.39 is 12.0 Å². The third kappa shape index (κ3) is 9.21. The summed E-state index contributed by atoms with van der Waals surface area (Å²) in [5.74, 6) is -1.63. The molecule has 2 amide bonds. The van der Waals surface area contributed by atoms with E-state index in [1.165, 1.54) is 6.20 Å². The lowest BCUT2D eigenvalue weighted by atomic mass is 10.1. The molecule has 0 aliphatic rings. The molecule has 0 radical (unpaired) electrons. The van der Waals surface area contributed by atoms with Gasteiger partial charge in [0.15, 0.2) is 5.96 Å². The summed E-state index contributed by atoms with van der Waals surface area (Å²) in [5.41, 5.74) is 11.0. The number of nitrogens with two attached hydrogens (primary N) is 2. The maximum Gasteiger partial charge on any atom is 0.305 e. The van der Waals surface area contributed by atoms with Crippen molar-refractivity contribution in [3.63, 3.8) is 0 Å². The van der Waals surface area contributed by atoms with Crippen LogP contribution in [0.4, 0.5) is 0 Å². The van der Waals surface area contributed by atoms with Crippen molar-refractivity contribution in [3.8, 4) is 0 Å². The van der Waals surface area contributed by atoms with Crippen LogP contribution in [0.25, 0.3) is 0 Å². The highest BCUT2D eigenvalue weighted by molar-refractivity contribution is 5.80. The number of carbonyl (C=O) groups is 3. The van der Waals surface area contributed by atoms with Crippen LogP contribution in [0.2, 0.25) is 0 Å². The zero-order chi connectivity index (χ0) is 19.4. The number of carboxylic acids is 1. The van der Waals surface area contributed by atoms with Gasteiger partial charge in [-0.1, -0.05) is 6.07 Å². The highest BCUT2D eigenvalue weighted by Gasteiger charge is 2.18. The number of nitrogens with one attached hydrogen (secondary N) is 2. The number of rotatable bonds is 11. The summed E-state index contributed by atoms with van der Waals surface area (Å²) in [6, 6.07) is 2.68. The van der Waals surface area contributed by atoms with Gasteiger partial charge in [0.1, 0.15) is 0 Å². The smallest absolute Gasteiger partial charge is 0.305 e. The normalized spacial score (nSPS) is 11.2. The number of aliphatic imine (C=N–C) groups is 1. The lowest BCUT2D eigenvalue weighted by Gasteiger charge is -2.17. The number of hydrogen-bond acceptors (Lipinski definition) is 5. The zero-order valence-electron chi connectivity index (χ0n) is 14.4. The Balaban J connectivity index is 2.36. The summed E-state index contributed by atoms with van der Waals surface area (Å²) in [4.78, 5) is 42.3. The van der Waals surface area contributed by atoms with Crippen LogP contribution in [-0.2, 0) is 14.4 Å². The second-order valence-corrected chi connectivity index (χ2v) is 5.51. The Labute approximate surface area is 151 Å². The molecule has 1 unspecified atom stereocenters. The molecule has 1 aromatic rings. The highest BCUT2D eigenvalue weighted by Crippen LogP contribution is 2.15. The van der Waals surface area contributed by atoms with Gasteiger partial charge < -0.3 is 27.2 Å². The van der Waals surface area contributed by atoms with Crippen LogP contribution in [0.3, 0.4) is 0 Å². The molecule has 0 bridgehead atoms. The third-order valence-electron chi connectivity index (χ3n) is 3.33. The van der Waals surface area contributed by atoms with Crippen LogP contribution < -0.4 is 22.1 Å². The molecule has 1 heterocycles. The predicted molar refractivity (Wildman–Crippen MR) is 94.9 cm³/mol. The lowest BCUT2D eigenvalue weighted by Crippen LogP contribution is -2.33. The van der Waals surface area contributed by atoms with E-state index in [1.807, 2.05) is 0 Å². The molecule has 0 aliphatic carbocycles. The molecule has 7 N–H and O–H groups in total. The SMILES string of the molecule is NC(N)=NCCCC(=O)NCCC(=O)NC(CC(=O)O)c1cccnc1. The number of guanidine groups is 1. The van der Waals surface area contributed by atoms with Crippen LogP contribution in [0.5, 0.6) is 0 Å². The zero-order valence-corrected chi connectivity index (χ0v) is 14.4. The Kier molecular flexibility index (Phi) is 9.15. The van der Waals surface area contributed by atoms with Crippen molar-refractivity contribution in [1.29, 1.82) is 0 Å². The monoisotopic (exact) mass is 364 g/mol. The topological polar surface area (TPSA) is 173 Å². The fraction of sp³-hybridized carbons (Fsp3) is 0.438. The molecule has 0 aromatic carbocycles. The molecule has 0 saturated heterocycles. The van der Waals surface area contributed by atoms with E-state index in [0.717, 1.165) is 0 Å². The summed E-state index contributed by atoms with van der Waals surface area (Å²) in [6.45, 7) is 0.512. The maximum atomic E-state index is 12.0.